The largest absolute Gasteiger partial charge is 0.311 e. The number of anilines is 3. The summed E-state index contributed by atoms with van der Waals surface area (Å²) in [5, 5.41) is 2.16. The van der Waals surface area contributed by atoms with Crippen LogP contribution in [0.2, 0.25) is 0 Å². The molecule has 7 aromatic carbocycles. The average molecular weight is 613 g/mol. The maximum atomic E-state index is 8.78. The van der Waals surface area contributed by atoms with Gasteiger partial charge in [0.15, 0.2) is 0 Å². The quantitative estimate of drug-likeness (QED) is 0.188. The Morgan fingerprint density at radius 2 is 1.13 bits per heavy atom. The van der Waals surface area contributed by atoms with Crippen molar-refractivity contribution in [1.82, 2.24) is 4.57 Å². The second-order valence-electron chi connectivity index (χ2n) is 12.3. The van der Waals surface area contributed by atoms with Crippen LogP contribution in [0.4, 0.5) is 17.1 Å². The van der Waals surface area contributed by atoms with Gasteiger partial charge in [0.05, 0.1) is 24.7 Å². The summed E-state index contributed by atoms with van der Waals surface area (Å²) in [5.41, 5.74) is 9.31. The standard InChI is InChI=1S/C45H34N2/c1-45(2)41-21-13-12-20-37(41)38-29-40-39-28-32(24-27-43(39)47(44(40)30-42(38)45)35-18-10-5-11-19-35)31-22-25-36(26-23-31)46(33-14-6-3-7-15-33)34-16-8-4-9-17-34/h3-30H,1-2H3/i3D,4D,6D,7D,8D,9D,14D,15D,16D,17D. The van der Waals surface area contributed by atoms with E-state index in [1.54, 1.807) is 12.1 Å². The fourth-order valence-electron chi connectivity index (χ4n) is 7.13. The number of fused-ring (bicyclic) bond motifs is 6. The molecule has 47 heavy (non-hydrogen) atoms. The van der Waals surface area contributed by atoms with Crippen molar-refractivity contribution in [2.24, 2.45) is 0 Å². The summed E-state index contributed by atoms with van der Waals surface area (Å²) in [6.45, 7) is 4.55. The third kappa shape index (κ3) is 4.33. The van der Waals surface area contributed by atoms with Gasteiger partial charge in [0.2, 0.25) is 0 Å². The lowest BCUT2D eigenvalue weighted by Crippen LogP contribution is -2.14. The minimum atomic E-state index is -0.611. The summed E-state index contributed by atoms with van der Waals surface area (Å²) < 4.78 is 87.2. The molecule has 0 atom stereocenters. The maximum Gasteiger partial charge on any atom is 0.0645 e. The molecule has 0 radical (unpaired) electrons. The number of benzene rings is 7. The van der Waals surface area contributed by atoms with E-state index in [9.17, 15) is 0 Å². The molecule has 0 bridgehead atoms. The summed E-state index contributed by atoms with van der Waals surface area (Å²) in [6, 6.07) is 30.9. The van der Waals surface area contributed by atoms with Gasteiger partial charge in [-0.1, -0.05) is 111 Å². The Hall–Kier alpha value is -5.86. The van der Waals surface area contributed by atoms with Crippen molar-refractivity contribution >= 4 is 38.9 Å². The highest BCUT2D eigenvalue weighted by atomic mass is 15.1. The summed E-state index contributed by atoms with van der Waals surface area (Å²) in [6.07, 6.45) is 0. The minimum Gasteiger partial charge on any atom is -0.311 e. The second-order valence-corrected chi connectivity index (χ2v) is 12.3. The van der Waals surface area contributed by atoms with Gasteiger partial charge >= 0.3 is 0 Å². The summed E-state index contributed by atoms with van der Waals surface area (Å²) in [7, 11) is 0. The number of rotatable bonds is 5. The van der Waals surface area contributed by atoms with E-state index < -0.39 is 60.4 Å². The van der Waals surface area contributed by atoms with E-state index in [0.29, 0.717) is 0 Å². The van der Waals surface area contributed by atoms with Crippen molar-refractivity contribution in [2.75, 3.05) is 4.90 Å². The van der Waals surface area contributed by atoms with Crippen molar-refractivity contribution in [3.8, 4) is 27.9 Å². The van der Waals surface area contributed by atoms with E-state index in [1.165, 1.54) is 27.2 Å². The van der Waals surface area contributed by atoms with Crippen molar-refractivity contribution in [3.05, 3.63) is 181 Å². The van der Waals surface area contributed by atoms with Crippen LogP contribution in [0.5, 0.6) is 0 Å². The molecule has 0 saturated carbocycles. The number of hydrogen-bond donors (Lipinski definition) is 0. The van der Waals surface area contributed by atoms with Gasteiger partial charge in [-0.15, -0.1) is 0 Å². The molecular formula is C45H34N2. The van der Waals surface area contributed by atoms with E-state index in [0.717, 1.165) is 38.6 Å². The predicted molar refractivity (Wildman–Crippen MR) is 198 cm³/mol. The molecule has 0 fully saturated rings. The van der Waals surface area contributed by atoms with E-state index in [2.05, 4.69) is 79.1 Å². The minimum absolute atomic E-state index is 0.177. The first-order valence-corrected chi connectivity index (χ1v) is 15.5. The third-order valence-electron chi connectivity index (χ3n) is 9.36. The zero-order chi connectivity index (χ0) is 40.2. The Balaban J connectivity index is 1.24. The van der Waals surface area contributed by atoms with Gasteiger partial charge in [-0.05, 0) is 106 Å². The lowest BCUT2D eigenvalue weighted by molar-refractivity contribution is 0.661. The van der Waals surface area contributed by atoms with Gasteiger partial charge in [-0.3, -0.25) is 0 Å². The first-order chi connectivity index (χ1) is 27.2. The van der Waals surface area contributed by atoms with Crippen molar-refractivity contribution < 1.29 is 13.7 Å². The molecule has 8 aromatic rings. The van der Waals surface area contributed by atoms with Crippen LogP contribution in [-0.4, -0.2) is 4.57 Å². The molecule has 0 aliphatic heterocycles. The monoisotopic (exact) mass is 612 g/mol. The Kier molecular flexibility index (Phi) is 4.28. The van der Waals surface area contributed by atoms with Crippen LogP contribution < -0.4 is 4.90 Å². The second kappa shape index (κ2) is 10.6. The molecule has 0 spiro atoms. The third-order valence-corrected chi connectivity index (χ3v) is 9.36. The van der Waals surface area contributed by atoms with E-state index >= 15 is 0 Å². The van der Waals surface area contributed by atoms with Gasteiger partial charge in [-0.25, -0.2) is 0 Å². The SMILES string of the molecule is [2H]c1c([2H])c([2H])c(N(c2ccc(-c3ccc4c(c3)c3cc5c(cc3n4-c3ccccc3)C(C)(C)c3ccccc3-5)cc2)c2c([2H])c([2H])c([2H])c([2H])c2[2H])c([2H])c1[2H]. The van der Waals surface area contributed by atoms with E-state index in [4.69, 9.17) is 13.7 Å². The number of aromatic nitrogens is 1. The highest BCUT2D eigenvalue weighted by Gasteiger charge is 2.36. The van der Waals surface area contributed by atoms with E-state index in [-0.39, 0.29) is 22.5 Å². The maximum absolute atomic E-state index is 8.78. The molecule has 1 aromatic heterocycles. The smallest absolute Gasteiger partial charge is 0.0645 e. The molecule has 0 amide bonds. The fourth-order valence-corrected chi connectivity index (χ4v) is 7.13. The van der Waals surface area contributed by atoms with Crippen LogP contribution in [0, 0.1) is 0 Å². The summed E-state index contributed by atoms with van der Waals surface area (Å²) in [5.74, 6) is 0. The molecule has 9 rings (SSSR count). The Morgan fingerprint density at radius 3 is 1.83 bits per heavy atom. The lowest BCUT2D eigenvalue weighted by atomic mass is 9.82. The van der Waals surface area contributed by atoms with Crippen LogP contribution >= 0.6 is 0 Å². The Morgan fingerprint density at radius 1 is 0.511 bits per heavy atom. The predicted octanol–water partition coefficient (Wildman–Crippen LogP) is 12.2. The highest BCUT2D eigenvalue weighted by molar-refractivity contribution is 6.12. The molecule has 0 unspecified atom stereocenters. The zero-order valence-electron chi connectivity index (χ0n) is 35.8. The van der Waals surface area contributed by atoms with Gasteiger partial charge in [-0.2, -0.15) is 0 Å². The van der Waals surface area contributed by atoms with Gasteiger partial charge in [0, 0.05) is 38.9 Å². The summed E-state index contributed by atoms with van der Waals surface area (Å²) in [4.78, 5) is 1.17. The zero-order valence-corrected chi connectivity index (χ0v) is 25.8. The Labute approximate surface area is 289 Å². The molecule has 0 saturated heterocycles. The molecule has 1 aliphatic carbocycles. The van der Waals surface area contributed by atoms with Crippen LogP contribution in [0.3, 0.4) is 0 Å². The normalized spacial score (nSPS) is 16.0. The topological polar surface area (TPSA) is 8.17 Å². The van der Waals surface area contributed by atoms with Crippen LogP contribution in [0.25, 0.3) is 49.7 Å². The lowest BCUT2D eigenvalue weighted by Gasteiger charge is -2.25. The first kappa shape index (κ1) is 19.0. The summed E-state index contributed by atoms with van der Waals surface area (Å²) >= 11 is 0. The van der Waals surface area contributed by atoms with Crippen molar-refractivity contribution in [2.45, 2.75) is 19.3 Å². The van der Waals surface area contributed by atoms with Crippen LogP contribution in [0.15, 0.2) is 170 Å². The van der Waals surface area contributed by atoms with Crippen molar-refractivity contribution in [1.29, 1.82) is 0 Å². The number of hydrogen-bond acceptors (Lipinski definition) is 1. The van der Waals surface area contributed by atoms with E-state index in [1.807, 2.05) is 36.4 Å². The van der Waals surface area contributed by atoms with Crippen LogP contribution in [0.1, 0.15) is 38.7 Å². The molecule has 224 valence electrons. The Bertz CT molecular complexity index is 2860. The first-order valence-electron chi connectivity index (χ1n) is 20.5. The number of nitrogens with zero attached hydrogens (tertiary/aromatic N) is 2. The average Bonchev–Trinajstić information content (AvgIpc) is 3.67. The molecule has 2 nitrogen and oxygen atoms in total. The molecular weight excluding hydrogens is 569 g/mol. The molecule has 0 N–H and O–H groups in total. The van der Waals surface area contributed by atoms with Gasteiger partial charge in [0.25, 0.3) is 0 Å². The molecule has 2 heteroatoms. The fraction of sp³-hybridized carbons (Fsp3) is 0.0667. The molecule has 1 heterocycles. The molecule has 1 aliphatic rings. The van der Waals surface area contributed by atoms with Gasteiger partial charge < -0.3 is 9.47 Å². The van der Waals surface area contributed by atoms with Gasteiger partial charge in [0.1, 0.15) is 0 Å². The highest BCUT2D eigenvalue weighted by Crippen LogP contribution is 2.51. The number of para-hydroxylation sites is 3. The van der Waals surface area contributed by atoms with Crippen molar-refractivity contribution in [3.63, 3.8) is 0 Å². The van der Waals surface area contributed by atoms with Crippen LogP contribution in [-0.2, 0) is 5.41 Å².